The van der Waals surface area contributed by atoms with Crippen molar-refractivity contribution in [3.63, 3.8) is 0 Å². The highest BCUT2D eigenvalue weighted by Crippen LogP contribution is 2.27. The zero-order valence-electron chi connectivity index (χ0n) is 14.3. The lowest BCUT2D eigenvalue weighted by Gasteiger charge is -2.02. The van der Waals surface area contributed by atoms with Crippen LogP contribution >= 0.6 is 0 Å². The Hall–Kier alpha value is -3.92. The van der Waals surface area contributed by atoms with Gasteiger partial charge in [-0.2, -0.15) is 5.26 Å². The molecule has 2 N–H and O–H groups in total. The van der Waals surface area contributed by atoms with E-state index in [0.717, 1.165) is 16.5 Å². The van der Waals surface area contributed by atoms with Gasteiger partial charge in [0, 0.05) is 47.8 Å². The van der Waals surface area contributed by atoms with E-state index in [2.05, 4.69) is 6.07 Å². The summed E-state index contributed by atoms with van der Waals surface area (Å²) in [6.07, 6.45) is 3.83. The molecule has 0 spiro atoms. The van der Waals surface area contributed by atoms with E-state index in [1.807, 2.05) is 35.0 Å². The van der Waals surface area contributed by atoms with Crippen molar-refractivity contribution in [2.45, 2.75) is 13.0 Å². The number of amides is 1. The molecule has 0 saturated heterocycles. The fourth-order valence-corrected chi connectivity index (χ4v) is 2.90. The number of fused-ring (bicyclic) bond motifs is 1. The van der Waals surface area contributed by atoms with Crippen LogP contribution in [0.15, 0.2) is 54.7 Å². The topological polar surface area (TPSA) is 115 Å². The quantitative estimate of drug-likeness (QED) is 0.411. The average molecular weight is 360 g/mol. The molecule has 7 nitrogen and oxygen atoms in total. The maximum atomic E-state index is 11.1. The molecule has 0 bridgehead atoms. The van der Waals surface area contributed by atoms with Crippen molar-refractivity contribution >= 4 is 34.1 Å². The maximum Gasteiger partial charge on any atom is 0.269 e. The number of rotatable bonds is 6. The van der Waals surface area contributed by atoms with E-state index in [4.69, 9.17) is 5.73 Å². The molecule has 0 unspecified atom stereocenters. The number of nitrogens with two attached hydrogens (primary N) is 1. The second kappa shape index (κ2) is 7.54. The van der Waals surface area contributed by atoms with Crippen LogP contribution in [-0.2, 0) is 11.3 Å². The summed E-state index contributed by atoms with van der Waals surface area (Å²) < 4.78 is 1.93. The van der Waals surface area contributed by atoms with E-state index in [1.165, 1.54) is 12.1 Å². The van der Waals surface area contributed by atoms with Crippen LogP contribution in [0.1, 0.15) is 17.5 Å². The van der Waals surface area contributed by atoms with Crippen molar-refractivity contribution in [1.29, 1.82) is 5.26 Å². The van der Waals surface area contributed by atoms with Crippen LogP contribution in [0.2, 0.25) is 0 Å². The molecular weight excluding hydrogens is 344 g/mol. The third-order valence-corrected chi connectivity index (χ3v) is 4.23. The number of aryl methyl sites for hydroxylation is 1. The molecule has 134 valence electrons. The van der Waals surface area contributed by atoms with Gasteiger partial charge in [0.2, 0.25) is 5.91 Å². The summed E-state index contributed by atoms with van der Waals surface area (Å²) in [5.74, 6) is -0.381. The van der Waals surface area contributed by atoms with Gasteiger partial charge >= 0.3 is 0 Å². The van der Waals surface area contributed by atoms with Gasteiger partial charge in [-0.05, 0) is 29.8 Å². The summed E-state index contributed by atoms with van der Waals surface area (Å²) in [6, 6.07) is 15.7. The van der Waals surface area contributed by atoms with E-state index in [1.54, 1.807) is 18.2 Å². The number of nitrogens with zero attached hydrogens (tertiary/aromatic N) is 3. The van der Waals surface area contributed by atoms with Gasteiger partial charge in [-0.1, -0.05) is 18.2 Å². The Morgan fingerprint density at radius 2 is 1.93 bits per heavy atom. The molecule has 1 aromatic heterocycles. The zero-order valence-corrected chi connectivity index (χ0v) is 14.3. The second-order valence-corrected chi connectivity index (χ2v) is 5.99. The van der Waals surface area contributed by atoms with E-state index >= 15 is 0 Å². The first-order valence-corrected chi connectivity index (χ1v) is 8.22. The number of hydrogen-bond acceptors (Lipinski definition) is 4. The van der Waals surface area contributed by atoms with E-state index in [-0.39, 0.29) is 18.0 Å². The van der Waals surface area contributed by atoms with Gasteiger partial charge in [0.05, 0.1) is 16.6 Å². The first-order chi connectivity index (χ1) is 13.0. The number of aromatic nitrogens is 1. The van der Waals surface area contributed by atoms with Gasteiger partial charge < -0.3 is 10.3 Å². The molecule has 0 atom stereocenters. The molecule has 0 fully saturated rings. The Morgan fingerprint density at radius 3 is 2.56 bits per heavy atom. The molecule has 0 radical (unpaired) electrons. The smallest absolute Gasteiger partial charge is 0.269 e. The molecule has 3 aromatic rings. The first kappa shape index (κ1) is 17.9. The Morgan fingerprint density at radius 1 is 1.22 bits per heavy atom. The third kappa shape index (κ3) is 3.85. The van der Waals surface area contributed by atoms with Gasteiger partial charge in [-0.25, -0.2) is 0 Å². The second-order valence-electron chi connectivity index (χ2n) is 5.99. The number of benzene rings is 2. The lowest BCUT2D eigenvalue weighted by molar-refractivity contribution is -0.384. The number of nitriles is 1. The molecule has 3 rings (SSSR count). The number of carbonyl (C=O) groups is 1. The predicted molar refractivity (Wildman–Crippen MR) is 102 cm³/mol. The van der Waals surface area contributed by atoms with Crippen LogP contribution in [0.25, 0.3) is 22.6 Å². The van der Waals surface area contributed by atoms with Crippen molar-refractivity contribution in [2.24, 2.45) is 5.73 Å². The van der Waals surface area contributed by atoms with Gasteiger partial charge in [-0.15, -0.1) is 0 Å². The zero-order chi connectivity index (χ0) is 19.4. The summed E-state index contributed by atoms with van der Waals surface area (Å²) in [7, 11) is 0. The van der Waals surface area contributed by atoms with Crippen LogP contribution in [0.3, 0.4) is 0 Å². The number of nitro groups is 1. The predicted octanol–water partition coefficient (Wildman–Crippen LogP) is 3.49. The molecular formula is C20H16N4O3. The molecule has 27 heavy (non-hydrogen) atoms. The summed E-state index contributed by atoms with van der Waals surface area (Å²) in [4.78, 5) is 21.4. The van der Waals surface area contributed by atoms with Crippen LogP contribution in [-0.4, -0.2) is 15.4 Å². The molecule has 0 aliphatic carbocycles. The van der Waals surface area contributed by atoms with Gasteiger partial charge in [0.15, 0.2) is 0 Å². The summed E-state index contributed by atoms with van der Waals surface area (Å²) in [6.45, 7) is 0.448. The minimum absolute atomic E-state index is 0.0286. The molecule has 0 aliphatic rings. The van der Waals surface area contributed by atoms with Crippen molar-refractivity contribution in [3.05, 3.63) is 76.0 Å². The number of primary amides is 1. The number of allylic oxidation sites excluding steroid dienone is 1. The highest BCUT2D eigenvalue weighted by molar-refractivity contribution is 5.98. The summed E-state index contributed by atoms with van der Waals surface area (Å²) in [5.41, 5.74) is 7.97. The molecule has 1 amide bonds. The standard InChI is InChI=1S/C20H16N4O3/c21-12-15(14-5-7-17(8-6-14)24(26)27)11-16-13-23(10-9-20(22)25)19-4-2-1-3-18(16)19/h1-8,11,13H,9-10H2,(H2,22,25)/b15-11-. The van der Waals surface area contributed by atoms with Crippen molar-refractivity contribution in [3.8, 4) is 6.07 Å². The van der Waals surface area contributed by atoms with Gasteiger partial charge in [0.25, 0.3) is 5.69 Å². The maximum absolute atomic E-state index is 11.1. The monoisotopic (exact) mass is 360 g/mol. The molecule has 0 aliphatic heterocycles. The minimum atomic E-state index is -0.480. The minimum Gasteiger partial charge on any atom is -0.370 e. The Bertz CT molecular complexity index is 1090. The molecule has 2 aromatic carbocycles. The fourth-order valence-electron chi connectivity index (χ4n) is 2.90. The Balaban J connectivity index is 2.03. The first-order valence-electron chi connectivity index (χ1n) is 8.22. The summed E-state index contributed by atoms with van der Waals surface area (Å²) >= 11 is 0. The Kier molecular flexibility index (Phi) is 4.99. The SMILES string of the molecule is N#C/C(=C/c1cn(CCC(N)=O)c2ccccc12)c1ccc([N+](=O)[O-])cc1. The van der Waals surface area contributed by atoms with Crippen LogP contribution < -0.4 is 5.73 Å². The number of para-hydroxylation sites is 1. The van der Waals surface area contributed by atoms with Crippen molar-refractivity contribution in [1.82, 2.24) is 4.57 Å². The number of hydrogen-bond donors (Lipinski definition) is 1. The third-order valence-electron chi connectivity index (χ3n) is 4.23. The number of carbonyl (C=O) groups excluding carboxylic acids is 1. The van der Waals surface area contributed by atoms with E-state index in [9.17, 15) is 20.2 Å². The average Bonchev–Trinajstić information content (AvgIpc) is 3.02. The van der Waals surface area contributed by atoms with Gasteiger partial charge in [-0.3, -0.25) is 14.9 Å². The Labute approximate surface area is 155 Å². The normalized spacial score (nSPS) is 11.3. The van der Waals surface area contributed by atoms with Crippen molar-refractivity contribution in [2.75, 3.05) is 0 Å². The molecule has 1 heterocycles. The molecule has 7 heteroatoms. The van der Waals surface area contributed by atoms with Crippen LogP contribution in [0.4, 0.5) is 5.69 Å². The van der Waals surface area contributed by atoms with E-state index < -0.39 is 4.92 Å². The van der Waals surface area contributed by atoms with Crippen LogP contribution in [0.5, 0.6) is 0 Å². The van der Waals surface area contributed by atoms with E-state index in [0.29, 0.717) is 17.7 Å². The lowest BCUT2D eigenvalue weighted by atomic mass is 10.0. The largest absolute Gasteiger partial charge is 0.370 e. The number of non-ortho nitro benzene ring substituents is 1. The highest BCUT2D eigenvalue weighted by atomic mass is 16.6. The summed E-state index contributed by atoms with van der Waals surface area (Å²) in [5, 5.41) is 21.3. The number of nitro benzene ring substituents is 1. The highest BCUT2D eigenvalue weighted by Gasteiger charge is 2.11. The lowest BCUT2D eigenvalue weighted by Crippen LogP contribution is -2.13. The molecule has 0 saturated carbocycles. The van der Waals surface area contributed by atoms with Crippen LogP contribution in [0, 0.1) is 21.4 Å². The fraction of sp³-hybridized carbons (Fsp3) is 0.100. The van der Waals surface area contributed by atoms with Gasteiger partial charge in [0.1, 0.15) is 0 Å². The van der Waals surface area contributed by atoms with Crippen molar-refractivity contribution < 1.29 is 9.72 Å².